The van der Waals surface area contributed by atoms with Crippen molar-refractivity contribution in [1.82, 2.24) is 29.9 Å². The molecule has 0 radical (unpaired) electrons. The maximum Gasteiger partial charge on any atom is 0.254 e. The minimum absolute atomic E-state index is 0.0758. The number of amides is 1. The van der Waals surface area contributed by atoms with Gasteiger partial charge in [-0.2, -0.15) is 5.10 Å². The fraction of sp³-hybridized carbons (Fsp3) is 0.600. The first-order chi connectivity index (χ1) is 10.7. The van der Waals surface area contributed by atoms with Gasteiger partial charge in [0.15, 0.2) is 0 Å². The summed E-state index contributed by atoms with van der Waals surface area (Å²) in [4.78, 5) is 11.9. The lowest BCUT2D eigenvalue weighted by Crippen LogP contribution is -2.24. The van der Waals surface area contributed by atoms with Gasteiger partial charge in [-0.15, -0.1) is 10.2 Å². The van der Waals surface area contributed by atoms with Gasteiger partial charge in [0.2, 0.25) is 0 Å². The lowest BCUT2D eigenvalue weighted by molar-refractivity contribution is 0.0953. The molecule has 1 amide bonds. The number of carbonyl (C=O) groups excluding carboxylic acids is 1. The standard InChI is InChI=1S/C15H22N6O/c1-20-11-12(10-17-20)15(22)16-8-5-7-14-19-18-13-6-3-2-4-9-21(13)14/h10-11H,2-9H2,1H3,(H,16,22). The second-order valence-electron chi connectivity index (χ2n) is 5.76. The lowest BCUT2D eigenvalue weighted by atomic mass is 10.2. The summed E-state index contributed by atoms with van der Waals surface area (Å²) in [5.41, 5.74) is 0.596. The lowest BCUT2D eigenvalue weighted by Gasteiger charge is -2.07. The molecule has 7 heteroatoms. The third-order valence-corrected chi connectivity index (χ3v) is 4.02. The smallest absolute Gasteiger partial charge is 0.254 e. The normalized spacial score (nSPS) is 14.4. The number of nitrogens with one attached hydrogen (secondary N) is 1. The van der Waals surface area contributed by atoms with Crippen LogP contribution in [0, 0.1) is 0 Å². The molecule has 22 heavy (non-hydrogen) atoms. The second kappa shape index (κ2) is 6.72. The summed E-state index contributed by atoms with van der Waals surface area (Å²) in [6.07, 6.45) is 9.72. The topological polar surface area (TPSA) is 77.6 Å². The number of hydrogen-bond donors (Lipinski definition) is 1. The minimum Gasteiger partial charge on any atom is -0.352 e. The van der Waals surface area contributed by atoms with E-state index in [4.69, 9.17) is 0 Å². The fourth-order valence-corrected chi connectivity index (χ4v) is 2.82. The van der Waals surface area contributed by atoms with E-state index in [2.05, 4.69) is 25.2 Å². The molecule has 1 N–H and O–H groups in total. The average molecular weight is 302 g/mol. The van der Waals surface area contributed by atoms with E-state index in [0.29, 0.717) is 12.1 Å². The number of rotatable bonds is 5. The highest BCUT2D eigenvalue weighted by atomic mass is 16.1. The first kappa shape index (κ1) is 14.7. The zero-order chi connectivity index (χ0) is 15.4. The van der Waals surface area contributed by atoms with Crippen molar-refractivity contribution in [2.45, 2.75) is 45.1 Å². The summed E-state index contributed by atoms with van der Waals surface area (Å²) in [6, 6.07) is 0. The van der Waals surface area contributed by atoms with Crippen molar-refractivity contribution in [3.63, 3.8) is 0 Å². The first-order valence-corrected chi connectivity index (χ1v) is 7.92. The average Bonchev–Trinajstić information content (AvgIpc) is 3.03. The predicted octanol–water partition coefficient (Wildman–Crippen LogP) is 1.10. The van der Waals surface area contributed by atoms with Crippen LogP contribution in [0.15, 0.2) is 12.4 Å². The van der Waals surface area contributed by atoms with Gasteiger partial charge in [-0.3, -0.25) is 9.48 Å². The Morgan fingerprint density at radius 1 is 1.32 bits per heavy atom. The molecule has 1 aliphatic rings. The first-order valence-electron chi connectivity index (χ1n) is 7.92. The molecule has 7 nitrogen and oxygen atoms in total. The minimum atomic E-state index is -0.0758. The van der Waals surface area contributed by atoms with E-state index in [9.17, 15) is 4.79 Å². The summed E-state index contributed by atoms with van der Waals surface area (Å²) in [5.74, 6) is 2.09. The number of aryl methyl sites for hydroxylation is 3. The number of hydrogen-bond acceptors (Lipinski definition) is 4. The molecule has 0 saturated heterocycles. The molecule has 1 aliphatic heterocycles. The van der Waals surface area contributed by atoms with E-state index in [-0.39, 0.29) is 5.91 Å². The van der Waals surface area contributed by atoms with Crippen LogP contribution in [-0.2, 0) is 26.4 Å². The van der Waals surface area contributed by atoms with Crippen LogP contribution in [0.2, 0.25) is 0 Å². The predicted molar refractivity (Wildman–Crippen MR) is 81.4 cm³/mol. The molecule has 118 valence electrons. The Labute approximate surface area is 129 Å². The number of carbonyl (C=O) groups is 1. The van der Waals surface area contributed by atoms with Gasteiger partial charge >= 0.3 is 0 Å². The molecular weight excluding hydrogens is 280 g/mol. The van der Waals surface area contributed by atoms with Gasteiger partial charge in [0.1, 0.15) is 11.6 Å². The molecule has 0 fully saturated rings. The van der Waals surface area contributed by atoms with Crippen LogP contribution in [0.1, 0.15) is 47.7 Å². The van der Waals surface area contributed by atoms with Crippen molar-refractivity contribution in [3.05, 3.63) is 29.6 Å². The quantitative estimate of drug-likeness (QED) is 0.839. The van der Waals surface area contributed by atoms with Crippen LogP contribution in [0.5, 0.6) is 0 Å². The van der Waals surface area contributed by atoms with Gasteiger partial charge in [-0.1, -0.05) is 6.42 Å². The maximum atomic E-state index is 11.9. The Bertz CT molecular complexity index is 644. The highest BCUT2D eigenvalue weighted by molar-refractivity contribution is 5.93. The van der Waals surface area contributed by atoms with Gasteiger partial charge in [-0.05, 0) is 19.3 Å². The number of aromatic nitrogens is 5. The van der Waals surface area contributed by atoms with Gasteiger partial charge in [-0.25, -0.2) is 0 Å². The van der Waals surface area contributed by atoms with Crippen molar-refractivity contribution in [2.24, 2.45) is 7.05 Å². The van der Waals surface area contributed by atoms with Crippen LogP contribution < -0.4 is 5.32 Å². The molecule has 0 aromatic carbocycles. The van der Waals surface area contributed by atoms with E-state index in [1.807, 2.05) is 0 Å². The number of nitrogens with zero attached hydrogens (tertiary/aromatic N) is 5. The summed E-state index contributed by atoms with van der Waals surface area (Å²) in [5, 5.41) is 15.5. The van der Waals surface area contributed by atoms with Crippen LogP contribution in [-0.4, -0.2) is 37.0 Å². The van der Waals surface area contributed by atoms with E-state index in [1.165, 1.54) is 19.3 Å². The van der Waals surface area contributed by atoms with Crippen molar-refractivity contribution >= 4 is 5.91 Å². The molecule has 0 saturated carbocycles. The van der Waals surface area contributed by atoms with Crippen LogP contribution in [0.3, 0.4) is 0 Å². The zero-order valence-electron chi connectivity index (χ0n) is 13.0. The van der Waals surface area contributed by atoms with Crippen LogP contribution in [0.4, 0.5) is 0 Å². The van der Waals surface area contributed by atoms with E-state index in [1.54, 1.807) is 24.1 Å². The van der Waals surface area contributed by atoms with Crippen molar-refractivity contribution < 1.29 is 4.79 Å². The Hall–Kier alpha value is -2.18. The monoisotopic (exact) mass is 302 g/mol. The molecule has 0 unspecified atom stereocenters. The van der Waals surface area contributed by atoms with Gasteiger partial charge in [0, 0.05) is 39.2 Å². The summed E-state index contributed by atoms with van der Waals surface area (Å²) >= 11 is 0. The molecule has 2 aromatic heterocycles. The molecule has 2 aromatic rings. The molecule has 3 heterocycles. The Balaban J connectivity index is 1.47. The van der Waals surface area contributed by atoms with Crippen LogP contribution in [0.25, 0.3) is 0 Å². The van der Waals surface area contributed by atoms with E-state index < -0.39 is 0 Å². The number of fused-ring (bicyclic) bond motifs is 1. The molecule has 0 bridgehead atoms. The zero-order valence-corrected chi connectivity index (χ0v) is 13.0. The summed E-state index contributed by atoms with van der Waals surface area (Å²) < 4.78 is 3.89. The Morgan fingerprint density at radius 2 is 2.23 bits per heavy atom. The molecule has 3 rings (SSSR count). The fourth-order valence-electron chi connectivity index (χ4n) is 2.82. The molecule has 0 spiro atoms. The summed E-state index contributed by atoms with van der Waals surface area (Å²) in [7, 11) is 1.80. The van der Waals surface area contributed by atoms with E-state index >= 15 is 0 Å². The Morgan fingerprint density at radius 3 is 3.05 bits per heavy atom. The van der Waals surface area contributed by atoms with Crippen molar-refractivity contribution in [3.8, 4) is 0 Å². The molecular formula is C15H22N6O. The third-order valence-electron chi connectivity index (χ3n) is 4.02. The summed E-state index contributed by atoms with van der Waals surface area (Å²) in [6.45, 7) is 1.66. The molecule has 0 aliphatic carbocycles. The van der Waals surface area contributed by atoms with Crippen molar-refractivity contribution in [2.75, 3.05) is 6.54 Å². The largest absolute Gasteiger partial charge is 0.352 e. The maximum absolute atomic E-state index is 11.9. The van der Waals surface area contributed by atoms with Gasteiger partial charge < -0.3 is 9.88 Å². The van der Waals surface area contributed by atoms with Gasteiger partial charge in [0.05, 0.1) is 11.8 Å². The SMILES string of the molecule is Cn1cc(C(=O)NCCCc2nnc3n2CCCCC3)cn1. The highest BCUT2D eigenvalue weighted by Crippen LogP contribution is 2.15. The molecule has 0 atom stereocenters. The van der Waals surface area contributed by atoms with E-state index in [0.717, 1.165) is 37.5 Å². The highest BCUT2D eigenvalue weighted by Gasteiger charge is 2.14. The Kier molecular flexibility index (Phi) is 4.50. The second-order valence-corrected chi connectivity index (χ2v) is 5.76. The van der Waals surface area contributed by atoms with Crippen LogP contribution >= 0.6 is 0 Å². The van der Waals surface area contributed by atoms with Crippen molar-refractivity contribution in [1.29, 1.82) is 0 Å². The van der Waals surface area contributed by atoms with Gasteiger partial charge in [0.25, 0.3) is 5.91 Å². The third kappa shape index (κ3) is 3.35.